The van der Waals surface area contributed by atoms with E-state index in [1.807, 2.05) is 18.2 Å². The van der Waals surface area contributed by atoms with Gasteiger partial charge in [-0.2, -0.15) is 13.2 Å². The van der Waals surface area contributed by atoms with Crippen molar-refractivity contribution in [2.45, 2.75) is 26.1 Å². The van der Waals surface area contributed by atoms with E-state index in [9.17, 15) is 18.0 Å². The van der Waals surface area contributed by atoms with Gasteiger partial charge in [0.15, 0.2) is 0 Å². The zero-order valence-corrected chi connectivity index (χ0v) is 18.2. The molecule has 2 aromatic heterocycles. The second-order valence-corrected chi connectivity index (χ2v) is 7.56. The van der Waals surface area contributed by atoms with Crippen LogP contribution in [0, 0.1) is 6.92 Å². The molecule has 0 spiro atoms. The molecule has 0 aliphatic heterocycles. The summed E-state index contributed by atoms with van der Waals surface area (Å²) in [6.07, 6.45) is 5.15. The van der Waals surface area contributed by atoms with Crippen LogP contribution in [-0.2, 0) is 12.7 Å². The highest BCUT2D eigenvalue weighted by Gasteiger charge is 2.32. The number of rotatable bonds is 7. The van der Waals surface area contributed by atoms with Crippen molar-refractivity contribution in [3.8, 4) is 11.5 Å². The highest BCUT2D eigenvalue weighted by Crippen LogP contribution is 2.29. The van der Waals surface area contributed by atoms with Gasteiger partial charge in [0.25, 0.3) is 5.91 Å². The molecule has 0 fully saturated rings. The Morgan fingerprint density at radius 2 is 2.00 bits per heavy atom. The maximum absolute atomic E-state index is 12.7. The number of alkyl halides is 3. The Balaban J connectivity index is 1.42. The van der Waals surface area contributed by atoms with E-state index in [-0.39, 0.29) is 12.5 Å². The van der Waals surface area contributed by atoms with Gasteiger partial charge in [0, 0.05) is 41.8 Å². The van der Waals surface area contributed by atoms with E-state index in [0.29, 0.717) is 34.0 Å². The van der Waals surface area contributed by atoms with Crippen LogP contribution in [0.3, 0.4) is 0 Å². The summed E-state index contributed by atoms with van der Waals surface area (Å²) in [5.74, 6) is 1.31. The first-order chi connectivity index (χ1) is 16.3. The largest absolute Gasteiger partial charge is 0.457 e. The molecular formula is C25H21F3N4O2. The maximum atomic E-state index is 12.7. The SMILES string of the molecule is Cc1c(Oc2ccnc(NC3=CCC=C3)c2)cccc1C(=O)NCc1ccc(C(F)(F)F)nc1. The summed E-state index contributed by atoms with van der Waals surface area (Å²) >= 11 is 0. The molecule has 2 N–H and O–H groups in total. The molecule has 0 radical (unpaired) electrons. The van der Waals surface area contributed by atoms with Crippen molar-refractivity contribution >= 4 is 11.7 Å². The van der Waals surface area contributed by atoms with E-state index in [1.165, 1.54) is 6.07 Å². The Morgan fingerprint density at radius 1 is 1.15 bits per heavy atom. The topological polar surface area (TPSA) is 76.1 Å². The number of pyridine rings is 2. The Labute approximate surface area is 194 Å². The Hall–Kier alpha value is -4.14. The standard InChI is InChI=1S/C25H21F3N4O2/c1-16-20(24(33)31-15-17-9-10-22(30-14-17)25(26,27)28)7-4-8-21(16)34-19-11-12-29-23(13-19)32-18-5-2-3-6-18/h2,4-14H,3,15H2,1H3,(H,29,32)(H,31,33). The van der Waals surface area contributed by atoms with Crippen LogP contribution in [-0.4, -0.2) is 15.9 Å². The van der Waals surface area contributed by atoms with Gasteiger partial charge < -0.3 is 15.4 Å². The first kappa shape index (κ1) is 23.0. The molecule has 0 atom stereocenters. The quantitative estimate of drug-likeness (QED) is 0.462. The summed E-state index contributed by atoms with van der Waals surface area (Å²) in [5, 5.41) is 5.91. The fourth-order valence-electron chi connectivity index (χ4n) is 3.31. The minimum atomic E-state index is -4.50. The molecule has 1 aromatic carbocycles. The van der Waals surface area contributed by atoms with Gasteiger partial charge in [0.2, 0.25) is 0 Å². The number of nitrogens with one attached hydrogen (secondary N) is 2. The maximum Gasteiger partial charge on any atom is 0.433 e. The van der Waals surface area contributed by atoms with Crippen molar-refractivity contribution in [3.63, 3.8) is 0 Å². The third-order valence-corrected chi connectivity index (χ3v) is 5.10. The Bertz CT molecular complexity index is 1250. The van der Waals surface area contributed by atoms with Crippen LogP contribution in [0.5, 0.6) is 11.5 Å². The summed E-state index contributed by atoms with van der Waals surface area (Å²) in [7, 11) is 0. The fraction of sp³-hybridized carbons (Fsp3) is 0.160. The Morgan fingerprint density at radius 3 is 2.71 bits per heavy atom. The number of hydrogen-bond acceptors (Lipinski definition) is 5. The molecule has 0 unspecified atom stereocenters. The number of hydrogen-bond donors (Lipinski definition) is 2. The van der Waals surface area contributed by atoms with Crippen LogP contribution in [0.2, 0.25) is 0 Å². The lowest BCUT2D eigenvalue weighted by molar-refractivity contribution is -0.141. The monoisotopic (exact) mass is 466 g/mol. The van der Waals surface area contributed by atoms with Gasteiger partial charge in [0.05, 0.1) is 0 Å². The molecule has 9 heteroatoms. The van der Waals surface area contributed by atoms with E-state index >= 15 is 0 Å². The highest BCUT2D eigenvalue weighted by atomic mass is 19.4. The predicted molar refractivity (Wildman–Crippen MR) is 121 cm³/mol. The minimum Gasteiger partial charge on any atom is -0.457 e. The van der Waals surface area contributed by atoms with Gasteiger partial charge in [-0.1, -0.05) is 24.3 Å². The van der Waals surface area contributed by atoms with Crippen LogP contribution in [0.1, 0.15) is 33.6 Å². The van der Waals surface area contributed by atoms with Crippen LogP contribution in [0.25, 0.3) is 0 Å². The summed E-state index contributed by atoms with van der Waals surface area (Å²) in [4.78, 5) is 20.4. The molecule has 0 bridgehead atoms. The zero-order valence-electron chi connectivity index (χ0n) is 18.2. The lowest BCUT2D eigenvalue weighted by Gasteiger charge is -2.14. The molecule has 6 nitrogen and oxygen atoms in total. The number of ether oxygens (including phenoxy) is 1. The lowest BCUT2D eigenvalue weighted by atomic mass is 10.1. The van der Waals surface area contributed by atoms with Crippen LogP contribution < -0.4 is 15.4 Å². The average Bonchev–Trinajstić information content (AvgIpc) is 3.32. The van der Waals surface area contributed by atoms with Crippen molar-refractivity contribution in [2.75, 3.05) is 5.32 Å². The van der Waals surface area contributed by atoms with Gasteiger partial charge >= 0.3 is 6.18 Å². The van der Waals surface area contributed by atoms with Gasteiger partial charge in [-0.25, -0.2) is 4.98 Å². The minimum absolute atomic E-state index is 0.0399. The third-order valence-electron chi connectivity index (χ3n) is 5.10. The highest BCUT2D eigenvalue weighted by molar-refractivity contribution is 5.96. The molecule has 3 aromatic rings. The van der Waals surface area contributed by atoms with Gasteiger partial charge in [0.1, 0.15) is 23.0 Å². The smallest absolute Gasteiger partial charge is 0.433 e. The molecule has 0 saturated heterocycles. The molecular weight excluding hydrogens is 445 g/mol. The number of carbonyl (C=O) groups is 1. The van der Waals surface area contributed by atoms with Crippen LogP contribution in [0.15, 0.2) is 78.8 Å². The van der Waals surface area contributed by atoms with E-state index < -0.39 is 11.9 Å². The molecule has 1 aliphatic carbocycles. The molecule has 34 heavy (non-hydrogen) atoms. The number of nitrogens with zero attached hydrogens (tertiary/aromatic N) is 2. The zero-order chi connectivity index (χ0) is 24.1. The van der Waals surface area contributed by atoms with E-state index in [4.69, 9.17) is 4.74 Å². The third kappa shape index (κ3) is 5.61. The van der Waals surface area contributed by atoms with E-state index in [1.54, 1.807) is 43.5 Å². The summed E-state index contributed by atoms with van der Waals surface area (Å²) in [6, 6.07) is 10.8. The molecule has 4 rings (SSSR count). The number of allylic oxidation sites excluding steroid dienone is 3. The number of amides is 1. The second-order valence-electron chi connectivity index (χ2n) is 7.56. The Kier molecular flexibility index (Phi) is 6.62. The number of benzene rings is 1. The first-order valence-corrected chi connectivity index (χ1v) is 10.5. The summed E-state index contributed by atoms with van der Waals surface area (Å²) < 4.78 is 43.9. The van der Waals surface area contributed by atoms with Crippen molar-refractivity contribution in [2.24, 2.45) is 0 Å². The summed E-state index contributed by atoms with van der Waals surface area (Å²) in [5.41, 5.74) is 1.46. The normalized spacial score (nSPS) is 12.9. The van der Waals surface area contributed by atoms with Crippen molar-refractivity contribution in [1.29, 1.82) is 0 Å². The molecule has 0 saturated carbocycles. The van der Waals surface area contributed by atoms with Gasteiger partial charge in [-0.15, -0.1) is 0 Å². The van der Waals surface area contributed by atoms with Gasteiger partial charge in [-0.05, 0) is 49.2 Å². The van der Waals surface area contributed by atoms with Gasteiger partial charge in [-0.3, -0.25) is 9.78 Å². The number of carbonyl (C=O) groups excluding carboxylic acids is 1. The fourth-order valence-corrected chi connectivity index (χ4v) is 3.31. The van der Waals surface area contributed by atoms with Crippen LogP contribution in [0.4, 0.5) is 19.0 Å². The lowest BCUT2D eigenvalue weighted by Crippen LogP contribution is -2.24. The second kappa shape index (κ2) is 9.78. The average molecular weight is 466 g/mol. The van der Waals surface area contributed by atoms with Crippen molar-refractivity contribution in [3.05, 3.63) is 101 Å². The number of anilines is 1. The van der Waals surface area contributed by atoms with Crippen LogP contribution >= 0.6 is 0 Å². The molecule has 2 heterocycles. The number of halogens is 3. The van der Waals surface area contributed by atoms with E-state index in [0.717, 1.165) is 24.4 Å². The number of aromatic nitrogens is 2. The summed E-state index contributed by atoms with van der Waals surface area (Å²) in [6.45, 7) is 1.80. The molecule has 174 valence electrons. The van der Waals surface area contributed by atoms with Crippen molar-refractivity contribution in [1.82, 2.24) is 15.3 Å². The first-order valence-electron chi connectivity index (χ1n) is 10.5. The van der Waals surface area contributed by atoms with Crippen molar-refractivity contribution < 1.29 is 22.7 Å². The predicted octanol–water partition coefficient (Wildman–Crippen LogP) is 5.78. The molecule has 1 amide bonds. The molecule has 1 aliphatic rings. The van der Waals surface area contributed by atoms with E-state index in [2.05, 4.69) is 20.6 Å².